The number of rotatable bonds is 3. The van der Waals surface area contributed by atoms with Crippen molar-refractivity contribution in [2.45, 2.75) is 57.9 Å². The molecular formula is C31H36ClN3O. The maximum absolute atomic E-state index is 13.4. The Bertz CT molecular complexity index is 1250. The second kappa shape index (κ2) is 9.57. The summed E-state index contributed by atoms with van der Waals surface area (Å²) >= 11 is 6.31. The molecule has 1 fully saturated rings. The number of nitrogens with zero attached hydrogens (tertiary/aromatic N) is 2. The predicted octanol–water partition coefficient (Wildman–Crippen LogP) is 7.53. The molecule has 36 heavy (non-hydrogen) atoms. The number of urea groups is 1. The van der Waals surface area contributed by atoms with Gasteiger partial charge in [-0.3, -0.25) is 9.80 Å². The minimum atomic E-state index is -0.119. The second-order valence-corrected chi connectivity index (χ2v) is 11.9. The summed E-state index contributed by atoms with van der Waals surface area (Å²) in [6, 6.07) is 22.9. The van der Waals surface area contributed by atoms with E-state index < -0.39 is 0 Å². The number of anilines is 2. The molecule has 2 amide bonds. The number of hydrogen-bond donors (Lipinski definition) is 1. The molecule has 1 N–H and O–H groups in total. The van der Waals surface area contributed by atoms with E-state index >= 15 is 0 Å². The molecule has 188 valence electrons. The Labute approximate surface area is 220 Å². The van der Waals surface area contributed by atoms with Crippen LogP contribution in [-0.2, 0) is 17.4 Å². The van der Waals surface area contributed by atoms with Gasteiger partial charge in [-0.15, -0.1) is 0 Å². The molecule has 4 nitrogen and oxygen atoms in total. The highest BCUT2D eigenvalue weighted by molar-refractivity contribution is 6.33. The van der Waals surface area contributed by atoms with Crippen LogP contribution in [0.2, 0.25) is 5.02 Å². The third-order valence-electron chi connectivity index (χ3n) is 7.87. The number of hydrogen-bond acceptors (Lipinski definition) is 2. The summed E-state index contributed by atoms with van der Waals surface area (Å²) in [7, 11) is 0. The van der Waals surface area contributed by atoms with E-state index in [2.05, 4.69) is 80.4 Å². The first-order chi connectivity index (χ1) is 17.1. The van der Waals surface area contributed by atoms with Crippen molar-refractivity contribution in [3.8, 4) is 0 Å². The first kappa shape index (κ1) is 24.9. The van der Waals surface area contributed by atoms with E-state index in [1.54, 1.807) is 6.07 Å². The van der Waals surface area contributed by atoms with E-state index in [1.165, 1.54) is 22.3 Å². The highest BCUT2D eigenvalue weighted by Crippen LogP contribution is 2.47. The Morgan fingerprint density at radius 1 is 1.00 bits per heavy atom. The Morgan fingerprint density at radius 3 is 2.36 bits per heavy atom. The smallest absolute Gasteiger partial charge is 0.306 e. The molecule has 2 heterocycles. The molecule has 5 rings (SSSR count). The lowest BCUT2D eigenvalue weighted by atomic mass is 9.74. The number of para-hydroxylation sites is 1. The van der Waals surface area contributed by atoms with Crippen molar-refractivity contribution in [1.29, 1.82) is 0 Å². The van der Waals surface area contributed by atoms with Crippen LogP contribution in [0.1, 0.15) is 55.9 Å². The van der Waals surface area contributed by atoms with Crippen LogP contribution in [0, 0.1) is 6.92 Å². The van der Waals surface area contributed by atoms with Crippen LogP contribution in [0.25, 0.3) is 0 Å². The number of nitrogens with one attached hydrogen (secondary N) is 1. The van der Waals surface area contributed by atoms with Gasteiger partial charge in [-0.2, -0.15) is 0 Å². The minimum absolute atomic E-state index is 0.00817. The Morgan fingerprint density at radius 2 is 1.69 bits per heavy atom. The predicted molar refractivity (Wildman–Crippen MR) is 150 cm³/mol. The number of likely N-dealkylation sites (tertiary alicyclic amines) is 1. The molecule has 2 aliphatic heterocycles. The van der Waals surface area contributed by atoms with Crippen LogP contribution < -0.4 is 10.2 Å². The van der Waals surface area contributed by atoms with Crippen LogP contribution in [0.15, 0.2) is 66.7 Å². The standard InChI is InChI=1S/C31H36ClN3O/c1-22-9-14-28-25(19-22)31(21-35(28)29(36)33-27-8-6-5-7-26(27)32)15-17-34(18-16-31)20-23-10-12-24(13-11-23)30(2,3)4/h5-14,19H,15-18,20-21H2,1-4H3,(H,33,36). The minimum Gasteiger partial charge on any atom is -0.306 e. The number of halogens is 1. The molecular weight excluding hydrogens is 466 g/mol. The fraction of sp³-hybridized carbons (Fsp3) is 0.387. The second-order valence-electron chi connectivity index (χ2n) is 11.5. The lowest BCUT2D eigenvalue weighted by molar-refractivity contribution is 0.160. The van der Waals surface area contributed by atoms with Crippen LogP contribution in [0.4, 0.5) is 16.2 Å². The van der Waals surface area contributed by atoms with Crippen molar-refractivity contribution in [3.05, 3.63) is 94.0 Å². The molecule has 0 saturated carbocycles. The molecule has 3 aromatic rings. The first-order valence-corrected chi connectivity index (χ1v) is 13.3. The zero-order chi connectivity index (χ0) is 25.5. The molecule has 3 aromatic carbocycles. The van der Waals surface area contributed by atoms with Gasteiger partial charge in [-0.25, -0.2) is 4.79 Å². The zero-order valence-electron chi connectivity index (χ0n) is 21.8. The van der Waals surface area contributed by atoms with Crippen molar-refractivity contribution in [2.75, 3.05) is 29.9 Å². The van der Waals surface area contributed by atoms with Gasteiger partial charge in [0.2, 0.25) is 0 Å². The first-order valence-electron chi connectivity index (χ1n) is 12.9. The topological polar surface area (TPSA) is 35.6 Å². The molecule has 1 spiro atoms. The van der Waals surface area contributed by atoms with E-state index in [9.17, 15) is 4.79 Å². The number of fused-ring (bicyclic) bond motifs is 2. The molecule has 0 atom stereocenters. The van der Waals surface area contributed by atoms with Gasteiger partial charge < -0.3 is 5.32 Å². The number of amides is 2. The fourth-order valence-electron chi connectivity index (χ4n) is 5.64. The van der Waals surface area contributed by atoms with Gasteiger partial charge in [-0.1, -0.05) is 86.5 Å². The van der Waals surface area contributed by atoms with Gasteiger partial charge in [0.1, 0.15) is 0 Å². The van der Waals surface area contributed by atoms with Crippen molar-refractivity contribution in [3.63, 3.8) is 0 Å². The monoisotopic (exact) mass is 501 g/mol. The molecule has 2 aliphatic rings. The summed E-state index contributed by atoms with van der Waals surface area (Å²) in [4.78, 5) is 17.9. The normalized spacial score (nSPS) is 17.3. The lowest BCUT2D eigenvalue weighted by Crippen LogP contribution is -2.46. The highest BCUT2D eigenvalue weighted by atomic mass is 35.5. The van der Waals surface area contributed by atoms with Crippen LogP contribution >= 0.6 is 11.6 Å². The van der Waals surface area contributed by atoms with Crippen LogP contribution in [-0.4, -0.2) is 30.6 Å². The third-order valence-corrected chi connectivity index (χ3v) is 8.20. The number of carbonyl (C=O) groups excluding carboxylic acids is 1. The number of carbonyl (C=O) groups is 1. The van der Waals surface area contributed by atoms with E-state index in [1.807, 2.05) is 23.1 Å². The van der Waals surface area contributed by atoms with Gasteiger partial charge in [0, 0.05) is 24.2 Å². The van der Waals surface area contributed by atoms with E-state index in [-0.39, 0.29) is 16.9 Å². The summed E-state index contributed by atoms with van der Waals surface area (Å²) in [5.74, 6) is 0. The fourth-order valence-corrected chi connectivity index (χ4v) is 5.83. The SMILES string of the molecule is Cc1ccc2c(c1)C1(CCN(Cc3ccc(C(C)(C)C)cc3)CC1)CN2C(=O)Nc1ccccc1Cl. The highest BCUT2D eigenvalue weighted by Gasteiger charge is 2.46. The van der Waals surface area contributed by atoms with Crippen LogP contribution in [0.3, 0.4) is 0 Å². The van der Waals surface area contributed by atoms with Crippen molar-refractivity contribution < 1.29 is 4.79 Å². The van der Waals surface area contributed by atoms with E-state index in [4.69, 9.17) is 11.6 Å². The van der Waals surface area contributed by atoms with Gasteiger partial charge in [0.05, 0.1) is 10.7 Å². The quantitative estimate of drug-likeness (QED) is 0.402. The molecule has 0 aromatic heterocycles. The summed E-state index contributed by atoms with van der Waals surface area (Å²) in [6.45, 7) is 12.6. The molecule has 0 radical (unpaired) electrons. The lowest BCUT2D eigenvalue weighted by Gasteiger charge is -2.40. The van der Waals surface area contributed by atoms with E-state index in [0.717, 1.165) is 38.2 Å². The van der Waals surface area contributed by atoms with Crippen molar-refractivity contribution >= 4 is 29.0 Å². The molecule has 0 aliphatic carbocycles. The summed E-state index contributed by atoms with van der Waals surface area (Å²) < 4.78 is 0. The van der Waals surface area contributed by atoms with Crippen LogP contribution in [0.5, 0.6) is 0 Å². The Balaban J connectivity index is 1.31. The maximum Gasteiger partial charge on any atom is 0.326 e. The van der Waals surface area contributed by atoms with Crippen molar-refractivity contribution in [1.82, 2.24) is 4.90 Å². The zero-order valence-corrected chi connectivity index (χ0v) is 22.5. The van der Waals surface area contributed by atoms with Crippen molar-refractivity contribution in [2.24, 2.45) is 0 Å². The average molecular weight is 502 g/mol. The largest absolute Gasteiger partial charge is 0.326 e. The maximum atomic E-state index is 13.4. The van der Waals surface area contributed by atoms with Gasteiger partial charge >= 0.3 is 6.03 Å². The number of benzene rings is 3. The summed E-state index contributed by atoms with van der Waals surface area (Å²) in [6.07, 6.45) is 2.08. The van der Waals surface area contributed by atoms with E-state index in [0.29, 0.717) is 17.3 Å². The Kier molecular flexibility index (Phi) is 6.61. The van der Waals surface area contributed by atoms with Gasteiger partial charge in [0.15, 0.2) is 0 Å². The summed E-state index contributed by atoms with van der Waals surface area (Å²) in [5, 5.41) is 3.58. The molecule has 1 saturated heterocycles. The summed E-state index contributed by atoms with van der Waals surface area (Å²) in [5.41, 5.74) is 7.12. The number of piperidine rings is 1. The van der Waals surface area contributed by atoms with Gasteiger partial charge in [0.25, 0.3) is 0 Å². The molecule has 0 bridgehead atoms. The third kappa shape index (κ3) is 4.89. The van der Waals surface area contributed by atoms with Gasteiger partial charge in [-0.05, 0) is 73.2 Å². The average Bonchev–Trinajstić information content (AvgIpc) is 3.15. The Hall–Kier alpha value is -2.82. The molecule has 5 heteroatoms. The number of aryl methyl sites for hydroxylation is 1. The molecule has 0 unspecified atom stereocenters.